The molecule has 2 N–H and O–H groups in total. The zero-order chi connectivity index (χ0) is 22.1. The molecule has 1 aromatic heterocycles. The van der Waals surface area contributed by atoms with Crippen molar-refractivity contribution in [1.82, 2.24) is 4.98 Å². The van der Waals surface area contributed by atoms with Crippen LogP contribution in [0.4, 0.5) is 5.69 Å². The van der Waals surface area contributed by atoms with E-state index >= 15 is 0 Å². The predicted molar refractivity (Wildman–Crippen MR) is 124 cm³/mol. The Balaban J connectivity index is 1.43. The minimum Gasteiger partial charge on any atom is -0.487 e. The minimum absolute atomic E-state index is 0.0189. The largest absolute Gasteiger partial charge is 0.487 e. The van der Waals surface area contributed by atoms with Crippen LogP contribution in [-0.4, -0.2) is 42.4 Å². The first-order valence-corrected chi connectivity index (χ1v) is 10.6. The normalized spacial score (nSPS) is 13.8. The van der Waals surface area contributed by atoms with Gasteiger partial charge in [0.2, 0.25) is 0 Å². The lowest BCUT2D eigenvalue weighted by Crippen LogP contribution is -2.54. The van der Waals surface area contributed by atoms with E-state index in [9.17, 15) is 9.90 Å². The topological polar surface area (TPSA) is 74.8 Å². The molecule has 0 radical (unpaired) electrons. The number of aromatic nitrogens is 1. The summed E-state index contributed by atoms with van der Waals surface area (Å²) in [4.78, 5) is 18.0. The zero-order valence-corrected chi connectivity index (χ0v) is 17.7. The fourth-order valence-corrected chi connectivity index (χ4v) is 4.17. The Morgan fingerprint density at radius 3 is 2.66 bits per heavy atom. The second-order valence-corrected chi connectivity index (χ2v) is 7.92. The molecule has 1 aliphatic heterocycles. The number of H-pyrrole nitrogens is 1. The molecule has 5 rings (SSSR count). The highest BCUT2D eigenvalue weighted by molar-refractivity contribution is 6.02. The fourth-order valence-electron chi connectivity index (χ4n) is 4.17. The first-order chi connectivity index (χ1) is 15.7. The average Bonchev–Trinajstić information content (AvgIpc) is 3.28. The molecule has 0 amide bonds. The number of esters is 1. The van der Waals surface area contributed by atoms with Crippen molar-refractivity contribution in [1.29, 1.82) is 0 Å². The van der Waals surface area contributed by atoms with Crippen molar-refractivity contribution in [2.75, 3.05) is 25.1 Å². The number of carbonyl (C=O) groups excluding carboxylic acids is 1. The summed E-state index contributed by atoms with van der Waals surface area (Å²) < 4.78 is 11.1. The Morgan fingerprint density at radius 2 is 1.91 bits per heavy atom. The highest BCUT2D eigenvalue weighted by Gasteiger charge is 2.32. The third-order valence-corrected chi connectivity index (χ3v) is 5.89. The van der Waals surface area contributed by atoms with Gasteiger partial charge in [0.25, 0.3) is 0 Å². The van der Waals surface area contributed by atoms with Crippen molar-refractivity contribution in [2.45, 2.75) is 12.7 Å². The number of hydrogen-bond acceptors (Lipinski definition) is 5. The first kappa shape index (κ1) is 20.2. The molecule has 3 aromatic carbocycles. The molecule has 1 fully saturated rings. The highest BCUT2D eigenvalue weighted by Crippen LogP contribution is 2.38. The van der Waals surface area contributed by atoms with Gasteiger partial charge in [-0.2, -0.15) is 0 Å². The van der Waals surface area contributed by atoms with Gasteiger partial charge in [-0.15, -0.1) is 0 Å². The number of methoxy groups -OCH3 is 1. The summed E-state index contributed by atoms with van der Waals surface area (Å²) in [6.07, 6.45) is 1.96. The first-order valence-electron chi connectivity index (χ1n) is 10.6. The number of hydrogen-bond donors (Lipinski definition) is 2. The summed E-state index contributed by atoms with van der Waals surface area (Å²) in [6, 6.07) is 21.4. The number of carbonyl (C=O) groups is 1. The molecule has 0 unspecified atom stereocenters. The Kier molecular flexibility index (Phi) is 5.29. The number of nitrogens with zero attached hydrogens (tertiary/aromatic N) is 1. The summed E-state index contributed by atoms with van der Waals surface area (Å²) >= 11 is 0. The van der Waals surface area contributed by atoms with Gasteiger partial charge in [-0.1, -0.05) is 30.3 Å². The van der Waals surface area contributed by atoms with Crippen molar-refractivity contribution in [2.24, 2.45) is 0 Å². The summed E-state index contributed by atoms with van der Waals surface area (Å²) in [5.74, 6) is 0.429. The van der Waals surface area contributed by atoms with Gasteiger partial charge in [-0.05, 0) is 52.9 Å². The molecule has 6 heteroatoms. The van der Waals surface area contributed by atoms with Crippen LogP contribution in [0.15, 0.2) is 72.9 Å². The van der Waals surface area contributed by atoms with E-state index in [-0.39, 0.29) is 18.7 Å². The van der Waals surface area contributed by atoms with Crippen molar-refractivity contribution >= 4 is 22.6 Å². The minimum atomic E-state index is -0.356. The van der Waals surface area contributed by atoms with Gasteiger partial charge in [0.05, 0.1) is 32.4 Å². The molecule has 0 bridgehead atoms. The molecule has 2 heterocycles. The van der Waals surface area contributed by atoms with E-state index in [0.717, 1.165) is 39.0 Å². The summed E-state index contributed by atoms with van der Waals surface area (Å²) in [6.45, 7) is 1.44. The van der Waals surface area contributed by atoms with E-state index in [1.165, 1.54) is 7.11 Å². The van der Waals surface area contributed by atoms with Crippen LogP contribution in [0, 0.1) is 0 Å². The molecule has 162 valence electrons. The van der Waals surface area contributed by atoms with Gasteiger partial charge in [0.15, 0.2) is 0 Å². The van der Waals surface area contributed by atoms with Crippen molar-refractivity contribution in [3.63, 3.8) is 0 Å². The van der Waals surface area contributed by atoms with Crippen LogP contribution < -0.4 is 9.64 Å². The van der Waals surface area contributed by atoms with Crippen LogP contribution in [0.5, 0.6) is 5.75 Å². The smallest absolute Gasteiger partial charge is 0.338 e. The number of anilines is 1. The fraction of sp³-hybridized carbons (Fsp3) is 0.192. The maximum Gasteiger partial charge on any atom is 0.338 e. The third-order valence-electron chi connectivity index (χ3n) is 5.89. The predicted octanol–water partition coefficient (Wildman–Crippen LogP) is 4.38. The van der Waals surface area contributed by atoms with Crippen LogP contribution in [0.3, 0.4) is 0 Å². The van der Waals surface area contributed by atoms with Gasteiger partial charge in [0.1, 0.15) is 11.9 Å². The van der Waals surface area contributed by atoms with E-state index < -0.39 is 0 Å². The third kappa shape index (κ3) is 3.69. The second kappa shape index (κ2) is 8.40. The molecule has 1 aliphatic rings. The standard InChI is InChI=1S/C26H24N2O4/c1-31-26(30)22-3-2-4-24(25(22)19-8-7-18-11-12-27-23(18)13-19)28-14-21(15-28)32-20-9-5-17(16-29)6-10-20/h2-13,21,27,29H,14-16H2,1H3. The summed E-state index contributed by atoms with van der Waals surface area (Å²) in [7, 11) is 1.41. The van der Waals surface area contributed by atoms with Crippen molar-refractivity contribution in [3.8, 4) is 16.9 Å². The van der Waals surface area contributed by atoms with Crippen molar-refractivity contribution < 1.29 is 19.4 Å². The van der Waals surface area contributed by atoms with Gasteiger partial charge in [-0.3, -0.25) is 0 Å². The number of rotatable bonds is 6. The van der Waals surface area contributed by atoms with Crippen LogP contribution in [0.1, 0.15) is 15.9 Å². The molecule has 6 nitrogen and oxygen atoms in total. The van der Waals surface area contributed by atoms with Gasteiger partial charge in [0, 0.05) is 23.0 Å². The van der Waals surface area contributed by atoms with Crippen molar-refractivity contribution in [3.05, 3.63) is 84.1 Å². The Hall–Kier alpha value is -3.77. The van der Waals surface area contributed by atoms with E-state index in [1.807, 2.05) is 54.7 Å². The molecule has 0 atom stereocenters. The lowest BCUT2D eigenvalue weighted by Gasteiger charge is -2.42. The number of fused-ring (bicyclic) bond motifs is 1. The average molecular weight is 428 g/mol. The number of aromatic amines is 1. The van der Waals surface area contributed by atoms with Crippen LogP contribution in [-0.2, 0) is 11.3 Å². The lowest BCUT2D eigenvalue weighted by molar-refractivity contribution is 0.0601. The highest BCUT2D eigenvalue weighted by atomic mass is 16.5. The maximum absolute atomic E-state index is 12.6. The molecule has 1 saturated heterocycles. The van der Waals surface area contributed by atoms with E-state index in [0.29, 0.717) is 18.7 Å². The van der Waals surface area contributed by atoms with E-state index in [4.69, 9.17) is 9.47 Å². The molecular formula is C26H24N2O4. The number of nitrogens with one attached hydrogen (secondary N) is 1. The van der Waals surface area contributed by atoms with Crippen LogP contribution in [0.25, 0.3) is 22.0 Å². The number of aliphatic hydroxyl groups excluding tert-OH is 1. The van der Waals surface area contributed by atoms with Gasteiger partial charge in [-0.25, -0.2) is 4.79 Å². The molecule has 32 heavy (non-hydrogen) atoms. The lowest BCUT2D eigenvalue weighted by atomic mass is 9.94. The Labute approximate surface area is 186 Å². The molecule has 0 saturated carbocycles. The molecule has 4 aromatic rings. The van der Waals surface area contributed by atoms with Crippen LogP contribution >= 0.6 is 0 Å². The molecular weight excluding hydrogens is 404 g/mol. The van der Waals surface area contributed by atoms with Crippen LogP contribution in [0.2, 0.25) is 0 Å². The summed E-state index contributed by atoms with van der Waals surface area (Å²) in [5, 5.41) is 10.3. The van der Waals surface area contributed by atoms with Gasteiger partial charge < -0.3 is 24.5 Å². The second-order valence-electron chi connectivity index (χ2n) is 7.92. The monoisotopic (exact) mass is 428 g/mol. The SMILES string of the molecule is COC(=O)c1cccc(N2CC(Oc3ccc(CO)cc3)C2)c1-c1ccc2cc[nH]c2c1. The van der Waals surface area contributed by atoms with Gasteiger partial charge >= 0.3 is 5.97 Å². The quantitative estimate of drug-likeness (QED) is 0.446. The number of ether oxygens (including phenoxy) is 2. The molecule has 0 aliphatic carbocycles. The number of aliphatic hydroxyl groups is 1. The summed E-state index contributed by atoms with van der Waals surface area (Å²) in [5.41, 5.74) is 5.22. The Morgan fingerprint density at radius 1 is 1.09 bits per heavy atom. The maximum atomic E-state index is 12.6. The molecule has 0 spiro atoms. The Bertz CT molecular complexity index is 1260. The van der Waals surface area contributed by atoms with E-state index in [2.05, 4.69) is 22.0 Å². The number of benzene rings is 3. The zero-order valence-electron chi connectivity index (χ0n) is 17.7. The van der Waals surface area contributed by atoms with E-state index in [1.54, 1.807) is 6.07 Å².